The van der Waals surface area contributed by atoms with Crippen LogP contribution in [0.25, 0.3) is 0 Å². The van der Waals surface area contributed by atoms with E-state index in [1.54, 1.807) is 18.5 Å². The van der Waals surface area contributed by atoms with Gasteiger partial charge in [-0.05, 0) is 6.92 Å². The van der Waals surface area contributed by atoms with Crippen LogP contribution in [0.4, 0.5) is 5.95 Å². The number of aryl methyl sites for hydroxylation is 1. The number of hydrogen-bond donors (Lipinski definition) is 0. The monoisotopic (exact) mass is 138 g/mol. The predicted molar refractivity (Wildman–Crippen MR) is 33.5 cm³/mol. The Morgan fingerprint density at radius 2 is 2.30 bits per heavy atom. The van der Waals surface area contributed by atoms with Crippen molar-refractivity contribution in [1.29, 1.82) is 0 Å². The summed E-state index contributed by atoms with van der Waals surface area (Å²) in [5.74, 6) is 1.00. The number of hydrogen-bond acceptors (Lipinski definition) is 4. The summed E-state index contributed by atoms with van der Waals surface area (Å²) < 4.78 is 1.60. The lowest BCUT2D eigenvalue weighted by Gasteiger charge is -1.90. The fourth-order valence-electron chi connectivity index (χ4n) is 0.534. The minimum Gasteiger partial charge on any atom is -0.298 e. The SMILES string of the molecule is Cc1nnc(N=C=O)n1C. The summed E-state index contributed by atoms with van der Waals surface area (Å²) in [4.78, 5) is 13.1. The quantitative estimate of drug-likeness (QED) is 0.408. The number of rotatable bonds is 1. The number of isocyanates is 1. The highest BCUT2D eigenvalue weighted by Crippen LogP contribution is 2.05. The second-order valence-corrected chi connectivity index (χ2v) is 1.81. The zero-order valence-corrected chi connectivity index (χ0v) is 5.70. The lowest BCUT2D eigenvalue weighted by Crippen LogP contribution is -1.89. The number of carbonyl (C=O) groups excluding carboxylic acids is 1. The van der Waals surface area contributed by atoms with Gasteiger partial charge in [-0.25, -0.2) is 4.79 Å². The van der Waals surface area contributed by atoms with Crippen molar-refractivity contribution in [2.45, 2.75) is 6.92 Å². The van der Waals surface area contributed by atoms with Crippen LogP contribution < -0.4 is 0 Å². The Labute approximate surface area is 57.4 Å². The Bertz CT molecular complexity index is 284. The molecule has 0 aliphatic carbocycles. The number of aliphatic imine (C=N–C) groups is 1. The Balaban J connectivity index is 3.17. The summed E-state index contributed by atoms with van der Waals surface area (Å²) >= 11 is 0. The van der Waals surface area contributed by atoms with Crippen LogP contribution in [0.3, 0.4) is 0 Å². The molecule has 0 N–H and O–H groups in total. The summed E-state index contributed by atoms with van der Waals surface area (Å²) in [5, 5.41) is 7.26. The van der Waals surface area contributed by atoms with Crippen LogP contribution in [-0.2, 0) is 11.8 Å². The van der Waals surface area contributed by atoms with Crippen molar-refractivity contribution in [3.05, 3.63) is 5.82 Å². The molecule has 52 valence electrons. The minimum atomic E-state index is 0.285. The van der Waals surface area contributed by atoms with Crippen molar-refractivity contribution >= 4 is 12.0 Å². The molecule has 0 saturated heterocycles. The fraction of sp³-hybridized carbons (Fsp3) is 0.400. The largest absolute Gasteiger partial charge is 0.298 e. The van der Waals surface area contributed by atoms with Gasteiger partial charge in [-0.3, -0.25) is 4.57 Å². The molecule has 0 bridgehead atoms. The molecule has 0 saturated carbocycles. The summed E-state index contributed by atoms with van der Waals surface area (Å²) in [6.07, 6.45) is 1.39. The highest BCUT2D eigenvalue weighted by atomic mass is 16.1. The van der Waals surface area contributed by atoms with Gasteiger partial charge in [0.1, 0.15) is 5.82 Å². The molecule has 0 radical (unpaired) electrons. The zero-order chi connectivity index (χ0) is 7.56. The first kappa shape index (κ1) is 6.64. The normalized spacial score (nSPS) is 9.00. The van der Waals surface area contributed by atoms with E-state index in [9.17, 15) is 4.79 Å². The van der Waals surface area contributed by atoms with Gasteiger partial charge in [-0.1, -0.05) is 0 Å². The van der Waals surface area contributed by atoms with E-state index in [0.29, 0.717) is 5.82 Å². The third kappa shape index (κ3) is 0.942. The molecule has 1 heterocycles. The van der Waals surface area contributed by atoms with Crippen molar-refractivity contribution < 1.29 is 4.79 Å². The molecular formula is C5H6N4O. The van der Waals surface area contributed by atoms with Crippen LogP contribution in [0, 0.1) is 6.92 Å². The van der Waals surface area contributed by atoms with E-state index in [1.165, 1.54) is 6.08 Å². The highest BCUT2D eigenvalue weighted by molar-refractivity contribution is 5.40. The first-order valence-electron chi connectivity index (χ1n) is 2.69. The van der Waals surface area contributed by atoms with Crippen molar-refractivity contribution in [3.8, 4) is 0 Å². The van der Waals surface area contributed by atoms with Crippen molar-refractivity contribution in [3.63, 3.8) is 0 Å². The van der Waals surface area contributed by atoms with Gasteiger partial charge in [-0.2, -0.15) is 0 Å². The average Bonchev–Trinajstić information content (AvgIpc) is 2.20. The molecular weight excluding hydrogens is 132 g/mol. The fourth-order valence-corrected chi connectivity index (χ4v) is 0.534. The smallest absolute Gasteiger partial charge is 0.261 e. The van der Waals surface area contributed by atoms with Crippen molar-refractivity contribution in [2.24, 2.45) is 12.0 Å². The Hall–Kier alpha value is -1.48. The lowest BCUT2D eigenvalue weighted by atomic mass is 10.7. The number of nitrogens with zero attached hydrogens (tertiary/aromatic N) is 4. The maximum absolute atomic E-state index is 9.76. The minimum absolute atomic E-state index is 0.285. The van der Waals surface area contributed by atoms with E-state index >= 15 is 0 Å². The van der Waals surface area contributed by atoms with Gasteiger partial charge < -0.3 is 0 Å². The Morgan fingerprint density at radius 1 is 1.60 bits per heavy atom. The van der Waals surface area contributed by atoms with E-state index in [4.69, 9.17) is 0 Å². The van der Waals surface area contributed by atoms with Crippen LogP contribution in [-0.4, -0.2) is 20.8 Å². The molecule has 0 amide bonds. The van der Waals surface area contributed by atoms with E-state index in [1.807, 2.05) is 0 Å². The summed E-state index contributed by atoms with van der Waals surface area (Å²) in [6.45, 7) is 1.77. The maximum atomic E-state index is 9.76. The molecule has 0 unspecified atom stereocenters. The average molecular weight is 138 g/mol. The summed E-state index contributed by atoms with van der Waals surface area (Å²) in [7, 11) is 1.73. The van der Waals surface area contributed by atoms with E-state index < -0.39 is 0 Å². The lowest BCUT2D eigenvalue weighted by molar-refractivity contribution is 0.564. The molecule has 0 aliphatic heterocycles. The summed E-state index contributed by atoms with van der Waals surface area (Å²) in [6, 6.07) is 0. The van der Waals surface area contributed by atoms with E-state index in [0.717, 1.165) is 0 Å². The topological polar surface area (TPSA) is 60.1 Å². The molecule has 5 heteroatoms. The van der Waals surface area contributed by atoms with Crippen LogP contribution >= 0.6 is 0 Å². The van der Waals surface area contributed by atoms with Gasteiger partial charge in [-0.15, -0.1) is 15.2 Å². The second-order valence-electron chi connectivity index (χ2n) is 1.81. The third-order valence-corrected chi connectivity index (χ3v) is 1.22. The molecule has 1 aromatic heterocycles. The maximum Gasteiger partial charge on any atom is 0.261 e. The van der Waals surface area contributed by atoms with Gasteiger partial charge in [0, 0.05) is 7.05 Å². The first-order chi connectivity index (χ1) is 4.75. The summed E-state index contributed by atoms with van der Waals surface area (Å²) in [5.41, 5.74) is 0. The Morgan fingerprint density at radius 3 is 2.70 bits per heavy atom. The molecule has 0 aliphatic rings. The second kappa shape index (κ2) is 2.41. The van der Waals surface area contributed by atoms with Gasteiger partial charge in [0.05, 0.1) is 0 Å². The van der Waals surface area contributed by atoms with Gasteiger partial charge >= 0.3 is 0 Å². The molecule has 1 aromatic rings. The standard InChI is InChI=1S/C5H6N4O/c1-4-7-8-5(6-3-10)9(4)2/h1-2H3. The molecule has 0 spiro atoms. The predicted octanol–water partition coefficient (Wildman–Crippen LogP) is 0.0908. The van der Waals surface area contributed by atoms with Gasteiger partial charge in [0.15, 0.2) is 0 Å². The zero-order valence-electron chi connectivity index (χ0n) is 5.70. The van der Waals surface area contributed by atoms with Gasteiger partial charge in [0.2, 0.25) is 6.08 Å². The van der Waals surface area contributed by atoms with Crippen molar-refractivity contribution in [2.75, 3.05) is 0 Å². The number of aromatic nitrogens is 3. The molecule has 5 nitrogen and oxygen atoms in total. The van der Waals surface area contributed by atoms with Crippen LogP contribution in [0.15, 0.2) is 4.99 Å². The van der Waals surface area contributed by atoms with E-state index in [2.05, 4.69) is 15.2 Å². The highest BCUT2D eigenvalue weighted by Gasteiger charge is 2.00. The van der Waals surface area contributed by atoms with E-state index in [-0.39, 0.29) is 5.95 Å². The third-order valence-electron chi connectivity index (χ3n) is 1.22. The first-order valence-corrected chi connectivity index (χ1v) is 2.69. The van der Waals surface area contributed by atoms with Crippen molar-refractivity contribution in [1.82, 2.24) is 14.8 Å². The van der Waals surface area contributed by atoms with Gasteiger partial charge in [0.25, 0.3) is 5.95 Å². The molecule has 0 aromatic carbocycles. The molecule has 0 atom stereocenters. The van der Waals surface area contributed by atoms with Crippen LogP contribution in [0.1, 0.15) is 5.82 Å². The van der Waals surface area contributed by atoms with Crippen LogP contribution in [0.5, 0.6) is 0 Å². The molecule has 0 fully saturated rings. The molecule has 1 rings (SSSR count). The molecule has 10 heavy (non-hydrogen) atoms. The Kier molecular flexibility index (Phi) is 1.60. The van der Waals surface area contributed by atoms with Crippen LogP contribution in [0.2, 0.25) is 0 Å².